The number of ether oxygens (including phenoxy) is 2. The SMILES string of the molecule is CCNC(=NCC(O)c1cc(OC)ccc1OC)NC1CCCn2nc(C)nc21.I. The van der Waals surface area contributed by atoms with E-state index in [-0.39, 0.29) is 36.6 Å². The summed E-state index contributed by atoms with van der Waals surface area (Å²) >= 11 is 0. The molecule has 30 heavy (non-hydrogen) atoms. The van der Waals surface area contributed by atoms with Gasteiger partial charge in [0, 0.05) is 18.7 Å². The predicted octanol–water partition coefficient (Wildman–Crippen LogP) is 2.35. The van der Waals surface area contributed by atoms with Crippen molar-refractivity contribution in [1.29, 1.82) is 0 Å². The number of aliphatic hydroxyl groups is 1. The normalized spacial score (nSPS) is 16.8. The van der Waals surface area contributed by atoms with Gasteiger partial charge in [0.15, 0.2) is 5.96 Å². The minimum absolute atomic E-state index is 0. The highest BCUT2D eigenvalue weighted by molar-refractivity contribution is 14.0. The van der Waals surface area contributed by atoms with Crippen molar-refractivity contribution in [3.63, 3.8) is 0 Å². The fraction of sp³-hybridized carbons (Fsp3) is 0.550. The van der Waals surface area contributed by atoms with Gasteiger partial charge in [0.2, 0.25) is 0 Å². The minimum atomic E-state index is -0.826. The summed E-state index contributed by atoms with van der Waals surface area (Å²) in [6.07, 6.45) is 1.15. The van der Waals surface area contributed by atoms with Crippen molar-refractivity contribution in [3.05, 3.63) is 35.4 Å². The van der Waals surface area contributed by atoms with Gasteiger partial charge in [0.25, 0.3) is 0 Å². The van der Waals surface area contributed by atoms with Gasteiger partial charge < -0.3 is 25.2 Å². The molecule has 9 nitrogen and oxygen atoms in total. The quantitative estimate of drug-likeness (QED) is 0.287. The van der Waals surface area contributed by atoms with Gasteiger partial charge in [-0.05, 0) is 44.9 Å². The second-order valence-corrected chi connectivity index (χ2v) is 6.92. The maximum Gasteiger partial charge on any atom is 0.191 e. The molecule has 3 N–H and O–H groups in total. The molecular weight excluding hydrogens is 499 g/mol. The first-order valence-electron chi connectivity index (χ1n) is 9.91. The van der Waals surface area contributed by atoms with Crippen LogP contribution < -0.4 is 20.1 Å². The second-order valence-electron chi connectivity index (χ2n) is 6.92. The number of fused-ring (bicyclic) bond motifs is 1. The third-order valence-electron chi connectivity index (χ3n) is 4.85. The topological polar surface area (TPSA) is 106 Å². The molecule has 0 spiro atoms. The first-order chi connectivity index (χ1) is 14.0. The van der Waals surface area contributed by atoms with Crippen molar-refractivity contribution >= 4 is 29.9 Å². The van der Waals surface area contributed by atoms with Crippen LogP contribution >= 0.6 is 24.0 Å². The lowest BCUT2D eigenvalue weighted by molar-refractivity contribution is 0.182. The zero-order chi connectivity index (χ0) is 20.8. The van der Waals surface area contributed by atoms with Gasteiger partial charge in [0.05, 0.1) is 26.8 Å². The molecule has 1 aliphatic heterocycles. The maximum atomic E-state index is 10.7. The number of aliphatic hydroxyl groups excluding tert-OH is 1. The lowest BCUT2D eigenvalue weighted by Gasteiger charge is -2.25. The Hall–Kier alpha value is -2.08. The van der Waals surface area contributed by atoms with E-state index in [0.717, 1.165) is 31.0 Å². The highest BCUT2D eigenvalue weighted by Gasteiger charge is 2.24. The van der Waals surface area contributed by atoms with Gasteiger partial charge in [-0.3, -0.25) is 4.99 Å². The predicted molar refractivity (Wildman–Crippen MR) is 126 cm³/mol. The Bertz CT molecular complexity index is 857. The van der Waals surface area contributed by atoms with Crippen LogP contribution in [0.15, 0.2) is 23.2 Å². The highest BCUT2D eigenvalue weighted by Crippen LogP contribution is 2.29. The summed E-state index contributed by atoms with van der Waals surface area (Å²) in [5, 5.41) is 21.8. The van der Waals surface area contributed by atoms with Crippen LogP contribution in [0.1, 0.15) is 49.1 Å². The number of aryl methyl sites for hydroxylation is 2. The Morgan fingerprint density at radius 1 is 1.37 bits per heavy atom. The molecule has 0 fully saturated rings. The van der Waals surface area contributed by atoms with Crippen LogP contribution in [-0.2, 0) is 6.54 Å². The van der Waals surface area contributed by atoms with Crippen LogP contribution in [0.3, 0.4) is 0 Å². The molecule has 0 amide bonds. The van der Waals surface area contributed by atoms with Crippen molar-refractivity contribution in [2.75, 3.05) is 27.3 Å². The molecule has 0 aliphatic carbocycles. The van der Waals surface area contributed by atoms with E-state index >= 15 is 0 Å². The fourth-order valence-corrected chi connectivity index (χ4v) is 3.47. The standard InChI is InChI=1S/C20H30N6O3.HI/c1-5-21-20(24-16-7-6-10-26-19(16)23-13(2)25-26)22-12-17(27)15-11-14(28-3)8-9-18(15)29-4;/h8-9,11,16-17,27H,5-7,10,12H2,1-4H3,(H2,21,22,24);1H. The van der Waals surface area contributed by atoms with Crippen molar-refractivity contribution in [2.24, 2.45) is 4.99 Å². The minimum Gasteiger partial charge on any atom is -0.497 e. The smallest absolute Gasteiger partial charge is 0.191 e. The van der Waals surface area contributed by atoms with Crippen molar-refractivity contribution in [2.45, 2.75) is 45.4 Å². The number of benzene rings is 1. The molecule has 0 saturated carbocycles. The number of hydrogen-bond donors (Lipinski definition) is 3. The Morgan fingerprint density at radius 3 is 2.87 bits per heavy atom. The number of rotatable bonds is 7. The maximum absolute atomic E-state index is 10.7. The lowest BCUT2D eigenvalue weighted by atomic mass is 10.1. The van der Waals surface area contributed by atoms with Gasteiger partial charge in [-0.2, -0.15) is 5.10 Å². The first-order valence-corrected chi connectivity index (χ1v) is 9.91. The van der Waals surface area contributed by atoms with Crippen molar-refractivity contribution < 1.29 is 14.6 Å². The van der Waals surface area contributed by atoms with Gasteiger partial charge in [0.1, 0.15) is 29.3 Å². The third kappa shape index (κ3) is 5.75. The van der Waals surface area contributed by atoms with E-state index in [9.17, 15) is 5.11 Å². The summed E-state index contributed by atoms with van der Waals surface area (Å²) in [5.41, 5.74) is 0.638. The molecule has 2 unspecified atom stereocenters. The van der Waals surface area contributed by atoms with E-state index in [2.05, 4.69) is 25.7 Å². The number of aliphatic imine (C=N–C) groups is 1. The molecule has 0 bridgehead atoms. The van der Waals surface area contributed by atoms with Crippen LogP contribution in [0.5, 0.6) is 11.5 Å². The summed E-state index contributed by atoms with van der Waals surface area (Å²) in [6, 6.07) is 5.38. The van der Waals surface area contributed by atoms with E-state index in [0.29, 0.717) is 29.6 Å². The molecule has 2 atom stereocenters. The number of halogens is 1. The molecule has 1 aliphatic rings. The number of aromatic nitrogens is 3. The van der Waals surface area contributed by atoms with E-state index in [1.165, 1.54) is 0 Å². The number of nitrogens with zero attached hydrogens (tertiary/aromatic N) is 4. The van der Waals surface area contributed by atoms with Crippen LogP contribution in [-0.4, -0.2) is 53.1 Å². The molecule has 1 aromatic carbocycles. The number of methoxy groups -OCH3 is 2. The van der Waals surface area contributed by atoms with Crippen LogP contribution in [0, 0.1) is 6.92 Å². The van der Waals surface area contributed by atoms with E-state index < -0.39 is 6.10 Å². The Balaban J connectivity index is 0.00000320. The van der Waals surface area contributed by atoms with Crippen molar-refractivity contribution in [1.82, 2.24) is 25.4 Å². The lowest BCUT2D eigenvalue weighted by Crippen LogP contribution is -2.41. The molecule has 2 heterocycles. The fourth-order valence-electron chi connectivity index (χ4n) is 3.47. The molecule has 10 heteroatoms. The number of hydrogen-bond acceptors (Lipinski definition) is 6. The average Bonchev–Trinajstić information content (AvgIpc) is 3.12. The van der Waals surface area contributed by atoms with E-state index in [1.54, 1.807) is 32.4 Å². The summed E-state index contributed by atoms with van der Waals surface area (Å²) in [6.45, 7) is 5.68. The largest absolute Gasteiger partial charge is 0.497 e. The molecule has 3 rings (SSSR count). The van der Waals surface area contributed by atoms with E-state index in [1.807, 2.05) is 18.5 Å². The van der Waals surface area contributed by atoms with Crippen LogP contribution in [0.25, 0.3) is 0 Å². The van der Waals surface area contributed by atoms with Crippen LogP contribution in [0.4, 0.5) is 0 Å². The Kier molecular flexibility index (Phi) is 9.15. The zero-order valence-corrected chi connectivity index (χ0v) is 20.2. The van der Waals surface area contributed by atoms with E-state index in [4.69, 9.17) is 9.47 Å². The molecule has 1 aromatic heterocycles. The summed E-state index contributed by atoms with van der Waals surface area (Å²) in [5.74, 6) is 3.59. The summed E-state index contributed by atoms with van der Waals surface area (Å²) in [4.78, 5) is 9.14. The molecule has 2 aromatic rings. The summed E-state index contributed by atoms with van der Waals surface area (Å²) < 4.78 is 12.6. The molecule has 0 saturated heterocycles. The monoisotopic (exact) mass is 530 g/mol. The average molecular weight is 530 g/mol. The van der Waals surface area contributed by atoms with Crippen LogP contribution in [0.2, 0.25) is 0 Å². The highest BCUT2D eigenvalue weighted by atomic mass is 127. The molecule has 0 radical (unpaired) electrons. The number of guanidine groups is 1. The molecular formula is C20H31IN6O3. The van der Waals surface area contributed by atoms with Gasteiger partial charge in [-0.15, -0.1) is 24.0 Å². The van der Waals surface area contributed by atoms with Gasteiger partial charge in [-0.25, -0.2) is 9.67 Å². The molecule has 166 valence electrons. The van der Waals surface area contributed by atoms with Gasteiger partial charge >= 0.3 is 0 Å². The number of nitrogens with one attached hydrogen (secondary N) is 2. The Labute approximate surface area is 194 Å². The van der Waals surface area contributed by atoms with Gasteiger partial charge in [-0.1, -0.05) is 0 Å². The third-order valence-corrected chi connectivity index (χ3v) is 4.85. The van der Waals surface area contributed by atoms with Crippen molar-refractivity contribution in [3.8, 4) is 11.5 Å². The second kappa shape index (κ2) is 11.3. The Morgan fingerprint density at radius 2 is 2.17 bits per heavy atom. The summed E-state index contributed by atoms with van der Waals surface area (Å²) in [7, 11) is 3.17. The first kappa shape index (κ1) is 24.2. The zero-order valence-electron chi connectivity index (χ0n) is 17.9.